The van der Waals surface area contributed by atoms with Gasteiger partial charge < -0.3 is 4.74 Å². The van der Waals surface area contributed by atoms with E-state index < -0.39 is 0 Å². The molecule has 0 aliphatic carbocycles. The van der Waals surface area contributed by atoms with Gasteiger partial charge in [-0.1, -0.05) is 22.9 Å². The van der Waals surface area contributed by atoms with Crippen LogP contribution in [0, 0.1) is 0 Å². The predicted octanol–water partition coefficient (Wildman–Crippen LogP) is 2.46. The highest BCUT2D eigenvalue weighted by Crippen LogP contribution is 2.12. The summed E-state index contributed by atoms with van der Waals surface area (Å²) in [6, 6.07) is 0. The Hall–Kier alpha value is 0.300. The van der Waals surface area contributed by atoms with Crippen molar-refractivity contribution in [1.29, 1.82) is 0 Å². The van der Waals surface area contributed by atoms with Crippen LogP contribution >= 0.6 is 27.7 Å². The Kier molecular flexibility index (Phi) is 8.12. The third-order valence-electron chi connectivity index (χ3n) is 1.23. The summed E-state index contributed by atoms with van der Waals surface area (Å²) in [5.74, 6) is 0.852. The lowest BCUT2D eigenvalue weighted by molar-refractivity contribution is -0.142. The highest BCUT2D eigenvalue weighted by atomic mass is 79.9. The molecule has 0 aliphatic rings. The standard InChI is InChI=1S/C8H15BrO2S/c1-3-5-11-8(10)7(2)12-6-4-9/h7H,3-6H2,1-2H3. The highest BCUT2D eigenvalue weighted by molar-refractivity contribution is 9.09. The number of carbonyl (C=O) groups is 1. The fourth-order valence-corrected chi connectivity index (χ4v) is 1.82. The topological polar surface area (TPSA) is 26.3 Å². The van der Waals surface area contributed by atoms with Crippen LogP contribution in [0.25, 0.3) is 0 Å². The molecular weight excluding hydrogens is 240 g/mol. The molecule has 0 aromatic heterocycles. The number of alkyl halides is 1. The molecule has 0 bridgehead atoms. The van der Waals surface area contributed by atoms with E-state index in [0.717, 1.165) is 17.5 Å². The monoisotopic (exact) mass is 254 g/mol. The normalized spacial score (nSPS) is 12.6. The zero-order chi connectivity index (χ0) is 9.40. The Bertz CT molecular complexity index is 130. The lowest BCUT2D eigenvalue weighted by Gasteiger charge is -2.09. The Morgan fingerprint density at radius 1 is 1.67 bits per heavy atom. The first-order valence-electron chi connectivity index (χ1n) is 4.06. The molecule has 72 valence electrons. The Morgan fingerprint density at radius 3 is 2.83 bits per heavy atom. The maximum atomic E-state index is 11.1. The first-order chi connectivity index (χ1) is 5.72. The van der Waals surface area contributed by atoms with Crippen LogP contribution in [0.2, 0.25) is 0 Å². The van der Waals surface area contributed by atoms with Gasteiger partial charge in [0.1, 0.15) is 0 Å². The third-order valence-corrected chi connectivity index (χ3v) is 3.28. The van der Waals surface area contributed by atoms with E-state index >= 15 is 0 Å². The van der Waals surface area contributed by atoms with Gasteiger partial charge >= 0.3 is 5.97 Å². The van der Waals surface area contributed by atoms with E-state index in [2.05, 4.69) is 15.9 Å². The van der Waals surface area contributed by atoms with Crippen molar-refractivity contribution in [3.63, 3.8) is 0 Å². The molecule has 0 fully saturated rings. The second-order valence-electron chi connectivity index (χ2n) is 2.37. The van der Waals surface area contributed by atoms with E-state index in [9.17, 15) is 4.79 Å². The minimum atomic E-state index is -0.0946. The number of rotatable bonds is 6. The fraction of sp³-hybridized carbons (Fsp3) is 0.875. The summed E-state index contributed by atoms with van der Waals surface area (Å²) in [6.45, 7) is 4.41. The molecule has 0 rings (SSSR count). The number of ether oxygens (including phenoxy) is 1. The zero-order valence-electron chi connectivity index (χ0n) is 7.51. The van der Waals surface area contributed by atoms with Crippen molar-refractivity contribution in [3.8, 4) is 0 Å². The first kappa shape index (κ1) is 12.3. The van der Waals surface area contributed by atoms with E-state index in [4.69, 9.17) is 4.74 Å². The Balaban J connectivity index is 3.47. The molecule has 0 heterocycles. The van der Waals surface area contributed by atoms with Crippen molar-refractivity contribution in [2.45, 2.75) is 25.5 Å². The van der Waals surface area contributed by atoms with Crippen LogP contribution in [0.1, 0.15) is 20.3 Å². The number of hydrogen-bond donors (Lipinski definition) is 0. The van der Waals surface area contributed by atoms with Crippen LogP contribution in [0.4, 0.5) is 0 Å². The molecule has 4 heteroatoms. The first-order valence-corrected chi connectivity index (χ1v) is 6.23. The fourth-order valence-electron chi connectivity index (χ4n) is 0.609. The maximum Gasteiger partial charge on any atom is 0.318 e. The highest BCUT2D eigenvalue weighted by Gasteiger charge is 2.13. The van der Waals surface area contributed by atoms with Crippen molar-refractivity contribution in [2.24, 2.45) is 0 Å². The van der Waals surface area contributed by atoms with Gasteiger partial charge in [0, 0.05) is 11.1 Å². The summed E-state index contributed by atoms with van der Waals surface area (Å²) < 4.78 is 4.97. The molecule has 0 aromatic carbocycles. The molecule has 0 aromatic rings. The molecule has 0 aliphatic heterocycles. The summed E-state index contributed by atoms with van der Waals surface area (Å²) in [4.78, 5) is 11.1. The summed E-state index contributed by atoms with van der Waals surface area (Å²) in [5.41, 5.74) is 0. The molecule has 0 amide bonds. The molecule has 1 atom stereocenters. The summed E-state index contributed by atoms with van der Waals surface area (Å²) in [6.07, 6.45) is 0.890. The molecular formula is C8H15BrO2S. The zero-order valence-corrected chi connectivity index (χ0v) is 9.91. The summed E-state index contributed by atoms with van der Waals surface area (Å²) in [5, 5.41) is 0.886. The molecule has 0 N–H and O–H groups in total. The molecule has 0 spiro atoms. The average Bonchev–Trinajstić information content (AvgIpc) is 2.10. The smallest absolute Gasteiger partial charge is 0.318 e. The SMILES string of the molecule is CCCOC(=O)C(C)SCCBr. The van der Waals surface area contributed by atoms with Gasteiger partial charge in [-0.2, -0.15) is 0 Å². The van der Waals surface area contributed by atoms with E-state index in [1.807, 2.05) is 13.8 Å². The summed E-state index contributed by atoms with van der Waals surface area (Å²) in [7, 11) is 0. The van der Waals surface area contributed by atoms with Gasteiger partial charge in [-0.05, 0) is 13.3 Å². The second kappa shape index (κ2) is 7.92. The molecule has 12 heavy (non-hydrogen) atoms. The van der Waals surface area contributed by atoms with Crippen molar-refractivity contribution in [3.05, 3.63) is 0 Å². The number of halogens is 1. The second-order valence-corrected chi connectivity index (χ2v) is 4.61. The van der Waals surface area contributed by atoms with Gasteiger partial charge in [0.15, 0.2) is 0 Å². The third kappa shape index (κ3) is 5.89. The molecule has 1 unspecified atom stereocenters. The number of esters is 1. The Morgan fingerprint density at radius 2 is 2.33 bits per heavy atom. The predicted molar refractivity (Wildman–Crippen MR) is 57.0 cm³/mol. The van der Waals surface area contributed by atoms with Crippen molar-refractivity contribution in [2.75, 3.05) is 17.7 Å². The lowest BCUT2D eigenvalue weighted by atomic mass is 10.5. The lowest BCUT2D eigenvalue weighted by Crippen LogP contribution is -2.17. The number of thioether (sulfide) groups is 1. The van der Waals surface area contributed by atoms with Gasteiger partial charge in [-0.15, -0.1) is 11.8 Å². The van der Waals surface area contributed by atoms with Gasteiger partial charge in [0.25, 0.3) is 0 Å². The van der Waals surface area contributed by atoms with E-state index in [1.165, 1.54) is 0 Å². The largest absolute Gasteiger partial charge is 0.465 e. The van der Waals surface area contributed by atoms with Gasteiger partial charge in [0.05, 0.1) is 11.9 Å². The maximum absolute atomic E-state index is 11.1. The summed E-state index contributed by atoms with van der Waals surface area (Å²) >= 11 is 4.92. The van der Waals surface area contributed by atoms with Gasteiger partial charge in [0.2, 0.25) is 0 Å². The number of carbonyl (C=O) groups excluding carboxylic acids is 1. The van der Waals surface area contributed by atoms with Crippen molar-refractivity contribution < 1.29 is 9.53 Å². The van der Waals surface area contributed by atoms with Crippen molar-refractivity contribution >= 4 is 33.7 Å². The minimum Gasteiger partial charge on any atom is -0.465 e. The quantitative estimate of drug-likeness (QED) is 0.538. The minimum absolute atomic E-state index is 0.0332. The molecule has 0 saturated heterocycles. The van der Waals surface area contributed by atoms with Gasteiger partial charge in [-0.3, -0.25) is 4.79 Å². The van der Waals surface area contributed by atoms with Crippen molar-refractivity contribution in [1.82, 2.24) is 0 Å². The van der Waals surface area contributed by atoms with Crippen LogP contribution in [-0.2, 0) is 9.53 Å². The molecule has 2 nitrogen and oxygen atoms in total. The molecule has 0 radical (unpaired) electrons. The van der Waals surface area contributed by atoms with Crippen LogP contribution in [-0.4, -0.2) is 28.9 Å². The van der Waals surface area contributed by atoms with Crippen LogP contribution in [0.3, 0.4) is 0 Å². The van der Waals surface area contributed by atoms with E-state index in [-0.39, 0.29) is 11.2 Å². The van der Waals surface area contributed by atoms with E-state index in [1.54, 1.807) is 11.8 Å². The number of hydrogen-bond acceptors (Lipinski definition) is 3. The van der Waals surface area contributed by atoms with Crippen LogP contribution in [0.15, 0.2) is 0 Å². The van der Waals surface area contributed by atoms with E-state index in [0.29, 0.717) is 6.61 Å². The van der Waals surface area contributed by atoms with Gasteiger partial charge in [-0.25, -0.2) is 0 Å². The van der Waals surface area contributed by atoms with Crippen LogP contribution < -0.4 is 0 Å². The Labute approximate surface area is 86.6 Å². The molecule has 0 saturated carbocycles. The van der Waals surface area contributed by atoms with Crippen LogP contribution in [0.5, 0.6) is 0 Å². The average molecular weight is 255 g/mol.